The van der Waals surface area contributed by atoms with Crippen molar-refractivity contribution < 1.29 is 19.1 Å². The van der Waals surface area contributed by atoms with E-state index in [2.05, 4.69) is 17.2 Å². The summed E-state index contributed by atoms with van der Waals surface area (Å²) in [7, 11) is 0. The second-order valence-electron chi connectivity index (χ2n) is 4.75. The molecule has 1 unspecified atom stereocenters. The largest absolute Gasteiger partial charge is 0.384 e. The molecule has 1 rings (SSSR count). The van der Waals surface area contributed by atoms with Crippen LogP contribution in [0.1, 0.15) is 29.8 Å². The van der Waals surface area contributed by atoms with Crippen molar-refractivity contribution in [1.82, 2.24) is 5.32 Å². The second kappa shape index (κ2) is 7.41. The smallest absolute Gasteiger partial charge is 0.253 e. The highest BCUT2D eigenvalue weighted by Crippen LogP contribution is 2.12. The average Bonchev–Trinajstić information content (AvgIpc) is 2.41. The van der Waals surface area contributed by atoms with Crippen molar-refractivity contribution in [2.45, 2.75) is 19.9 Å². The summed E-state index contributed by atoms with van der Waals surface area (Å²) >= 11 is 0. The lowest BCUT2D eigenvalue weighted by molar-refractivity contribution is -0.120. The van der Waals surface area contributed by atoms with Gasteiger partial charge in [0, 0.05) is 5.56 Å². The van der Waals surface area contributed by atoms with Crippen LogP contribution in [0.25, 0.3) is 0 Å². The lowest BCUT2D eigenvalue weighted by Crippen LogP contribution is -2.47. The van der Waals surface area contributed by atoms with Crippen LogP contribution >= 0.6 is 0 Å². The zero-order valence-corrected chi connectivity index (χ0v) is 11.8. The van der Waals surface area contributed by atoms with Gasteiger partial charge in [-0.05, 0) is 24.1 Å². The molecule has 0 aliphatic carbocycles. The predicted molar refractivity (Wildman–Crippen MR) is 75.7 cm³/mol. The maximum absolute atomic E-state index is 13.2. The third-order valence-electron chi connectivity index (χ3n) is 2.79. The molecule has 2 amide bonds. The monoisotopic (exact) mass is 292 g/mol. The number of hydrogen-bond acceptors (Lipinski definition) is 3. The van der Waals surface area contributed by atoms with Crippen LogP contribution in [0.4, 0.5) is 4.39 Å². The molecule has 0 aromatic heterocycles. The van der Waals surface area contributed by atoms with Gasteiger partial charge in [-0.2, -0.15) is 0 Å². The number of nitrogens with one attached hydrogen (secondary N) is 1. The van der Waals surface area contributed by atoms with Crippen LogP contribution in [0, 0.1) is 23.6 Å². The fraction of sp³-hybridized carbons (Fsp3) is 0.333. The summed E-state index contributed by atoms with van der Waals surface area (Å²) in [5.41, 5.74) is 5.48. The Morgan fingerprint density at radius 2 is 2.10 bits per heavy atom. The summed E-state index contributed by atoms with van der Waals surface area (Å²) < 4.78 is 13.2. The molecule has 1 aromatic rings. The zero-order valence-electron chi connectivity index (χ0n) is 11.8. The number of carbonyl (C=O) groups is 2. The van der Waals surface area contributed by atoms with Crippen molar-refractivity contribution >= 4 is 11.8 Å². The molecule has 1 aromatic carbocycles. The van der Waals surface area contributed by atoms with Gasteiger partial charge in [0.25, 0.3) is 5.91 Å². The first kappa shape index (κ1) is 16.7. The van der Waals surface area contributed by atoms with E-state index >= 15 is 0 Å². The van der Waals surface area contributed by atoms with E-state index in [1.807, 2.05) is 0 Å². The van der Waals surface area contributed by atoms with Crippen molar-refractivity contribution in [3.05, 3.63) is 35.1 Å². The van der Waals surface area contributed by atoms with E-state index in [0.717, 1.165) is 12.1 Å². The van der Waals surface area contributed by atoms with Crippen LogP contribution in [0.3, 0.4) is 0 Å². The molecule has 21 heavy (non-hydrogen) atoms. The number of carbonyl (C=O) groups excluding carboxylic acids is 2. The van der Waals surface area contributed by atoms with Crippen LogP contribution in [0.2, 0.25) is 0 Å². The average molecular weight is 292 g/mol. The van der Waals surface area contributed by atoms with Gasteiger partial charge in [0.05, 0.1) is 5.56 Å². The fourth-order valence-corrected chi connectivity index (χ4v) is 1.74. The number of aliphatic hydroxyl groups is 1. The molecule has 4 N–H and O–H groups in total. The van der Waals surface area contributed by atoms with Crippen molar-refractivity contribution in [3.8, 4) is 11.8 Å². The number of aliphatic hydroxyl groups excluding tert-OH is 1. The van der Waals surface area contributed by atoms with E-state index in [1.54, 1.807) is 13.8 Å². The predicted octanol–water partition coefficient (Wildman–Crippen LogP) is 0.409. The Morgan fingerprint density at radius 3 is 2.62 bits per heavy atom. The van der Waals surface area contributed by atoms with Gasteiger partial charge in [-0.15, -0.1) is 0 Å². The normalized spacial score (nSPS) is 11.5. The number of rotatable bonds is 4. The third kappa shape index (κ3) is 4.58. The molecule has 0 heterocycles. The fourth-order valence-electron chi connectivity index (χ4n) is 1.74. The minimum absolute atomic E-state index is 0.115. The SMILES string of the molecule is CC(C)C(NC(=O)c1ccc(F)cc1C#CCO)C(N)=O. The van der Waals surface area contributed by atoms with E-state index in [1.165, 1.54) is 6.07 Å². The van der Waals surface area contributed by atoms with Gasteiger partial charge in [-0.25, -0.2) is 4.39 Å². The van der Waals surface area contributed by atoms with Crippen LogP contribution < -0.4 is 11.1 Å². The van der Waals surface area contributed by atoms with E-state index in [9.17, 15) is 14.0 Å². The zero-order chi connectivity index (χ0) is 16.0. The molecule has 0 aliphatic heterocycles. The summed E-state index contributed by atoms with van der Waals surface area (Å²) in [6.07, 6.45) is 0. The van der Waals surface area contributed by atoms with Gasteiger partial charge in [-0.3, -0.25) is 9.59 Å². The van der Waals surface area contributed by atoms with E-state index < -0.39 is 30.3 Å². The summed E-state index contributed by atoms with van der Waals surface area (Å²) in [4.78, 5) is 23.5. The van der Waals surface area contributed by atoms with Crippen molar-refractivity contribution in [2.24, 2.45) is 11.7 Å². The van der Waals surface area contributed by atoms with Crippen LogP contribution in [0.5, 0.6) is 0 Å². The Hall–Kier alpha value is -2.39. The van der Waals surface area contributed by atoms with Gasteiger partial charge in [0.1, 0.15) is 18.5 Å². The first-order chi connectivity index (χ1) is 9.86. The standard InChI is InChI=1S/C15H17FN2O3/c1-9(2)13(14(17)20)18-15(21)12-6-5-11(16)8-10(12)4-3-7-19/h5-6,8-9,13,19H,7H2,1-2H3,(H2,17,20)(H,18,21). The Labute approximate surface area is 122 Å². The lowest BCUT2D eigenvalue weighted by Gasteiger charge is -2.19. The number of primary amides is 1. The molecule has 0 bridgehead atoms. The molecule has 0 saturated carbocycles. The summed E-state index contributed by atoms with van der Waals surface area (Å²) in [6.45, 7) is 3.08. The topological polar surface area (TPSA) is 92.4 Å². The maximum Gasteiger partial charge on any atom is 0.253 e. The van der Waals surface area contributed by atoms with Crippen LogP contribution in [-0.4, -0.2) is 29.6 Å². The first-order valence-corrected chi connectivity index (χ1v) is 6.36. The molecule has 0 aliphatic rings. The number of halogens is 1. The van der Waals surface area contributed by atoms with E-state index in [4.69, 9.17) is 10.8 Å². The number of benzene rings is 1. The van der Waals surface area contributed by atoms with Crippen LogP contribution in [-0.2, 0) is 4.79 Å². The molecule has 0 spiro atoms. The van der Waals surface area contributed by atoms with Gasteiger partial charge in [-0.1, -0.05) is 25.7 Å². The van der Waals surface area contributed by atoms with Crippen molar-refractivity contribution in [3.63, 3.8) is 0 Å². The number of hydrogen-bond donors (Lipinski definition) is 3. The quantitative estimate of drug-likeness (QED) is 0.702. The Kier molecular flexibility index (Phi) is 5.88. The molecule has 0 fully saturated rings. The Balaban J connectivity index is 3.09. The summed E-state index contributed by atoms with van der Waals surface area (Å²) in [5, 5.41) is 11.2. The van der Waals surface area contributed by atoms with Gasteiger partial charge >= 0.3 is 0 Å². The van der Waals surface area contributed by atoms with E-state index in [0.29, 0.717) is 0 Å². The summed E-state index contributed by atoms with van der Waals surface area (Å²) in [5.74, 6) is 2.90. The third-order valence-corrected chi connectivity index (χ3v) is 2.79. The number of amides is 2. The van der Waals surface area contributed by atoms with Crippen molar-refractivity contribution in [2.75, 3.05) is 6.61 Å². The maximum atomic E-state index is 13.2. The second-order valence-corrected chi connectivity index (χ2v) is 4.75. The molecular weight excluding hydrogens is 275 g/mol. The summed E-state index contributed by atoms with van der Waals surface area (Å²) in [6, 6.07) is 2.64. The highest BCUT2D eigenvalue weighted by Gasteiger charge is 2.23. The Morgan fingerprint density at radius 1 is 1.43 bits per heavy atom. The molecule has 6 heteroatoms. The highest BCUT2D eigenvalue weighted by atomic mass is 19.1. The van der Waals surface area contributed by atoms with Gasteiger partial charge in [0.2, 0.25) is 5.91 Å². The lowest BCUT2D eigenvalue weighted by atomic mass is 10.0. The minimum Gasteiger partial charge on any atom is -0.384 e. The minimum atomic E-state index is -0.832. The molecule has 1 atom stereocenters. The highest BCUT2D eigenvalue weighted by molar-refractivity contribution is 5.99. The Bertz CT molecular complexity index is 603. The molecule has 0 saturated heterocycles. The molecule has 112 valence electrons. The van der Waals surface area contributed by atoms with Gasteiger partial charge in [0.15, 0.2) is 0 Å². The first-order valence-electron chi connectivity index (χ1n) is 6.36. The van der Waals surface area contributed by atoms with E-state index in [-0.39, 0.29) is 17.0 Å². The molecular formula is C15H17FN2O3. The van der Waals surface area contributed by atoms with Gasteiger partial charge < -0.3 is 16.2 Å². The van der Waals surface area contributed by atoms with Crippen LogP contribution in [0.15, 0.2) is 18.2 Å². The molecule has 5 nitrogen and oxygen atoms in total. The van der Waals surface area contributed by atoms with Crippen molar-refractivity contribution in [1.29, 1.82) is 0 Å². The number of nitrogens with two attached hydrogens (primary N) is 1. The molecule has 0 radical (unpaired) electrons.